The summed E-state index contributed by atoms with van der Waals surface area (Å²) in [5.74, 6) is -5.17. The van der Waals surface area contributed by atoms with Gasteiger partial charge in [0.05, 0.1) is 11.6 Å². The minimum absolute atomic E-state index is 0. The van der Waals surface area contributed by atoms with E-state index in [1.165, 1.54) is 0 Å². The predicted octanol–water partition coefficient (Wildman–Crippen LogP) is 2.89. The average Bonchev–Trinajstić information content (AvgIpc) is 2.26. The molecule has 1 aromatic rings. The number of hydrogen-bond acceptors (Lipinski definition) is 2. The van der Waals surface area contributed by atoms with Crippen molar-refractivity contribution in [3.63, 3.8) is 0 Å². The van der Waals surface area contributed by atoms with Gasteiger partial charge in [-0.1, -0.05) is 0 Å². The van der Waals surface area contributed by atoms with Gasteiger partial charge in [-0.15, -0.1) is 12.4 Å². The fourth-order valence-corrected chi connectivity index (χ4v) is 1.30. The second-order valence-corrected chi connectivity index (χ2v) is 3.67. The largest absolute Gasteiger partial charge is 0.416 e. The lowest BCUT2D eigenvalue weighted by Crippen LogP contribution is -2.36. The Bertz CT molecular complexity index is 437. The van der Waals surface area contributed by atoms with Crippen molar-refractivity contribution < 1.29 is 31.4 Å². The molecule has 1 atom stereocenters. The first kappa shape index (κ1) is 18.0. The Morgan fingerprint density at radius 3 is 2.05 bits per heavy atom. The summed E-state index contributed by atoms with van der Waals surface area (Å²) in [5.41, 5.74) is 2.87. The summed E-state index contributed by atoms with van der Waals surface area (Å²) in [6.45, 7) is -1.65. The third kappa shape index (κ3) is 4.26. The van der Waals surface area contributed by atoms with Crippen LogP contribution in [0.4, 0.5) is 26.3 Å². The maximum Gasteiger partial charge on any atom is 0.416 e. The van der Waals surface area contributed by atoms with Crippen LogP contribution in [-0.2, 0) is 6.18 Å². The monoisotopic (exact) mass is 309 g/mol. The van der Waals surface area contributed by atoms with Crippen molar-refractivity contribution >= 4 is 12.4 Å². The van der Waals surface area contributed by atoms with Crippen LogP contribution >= 0.6 is 12.4 Å². The Morgan fingerprint density at radius 1 is 1.11 bits per heavy atom. The summed E-state index contributed by atoms with van der Waals surface area (Å²) >= 11 is 0. The van der Waals surface area contributed by atoms with Crippen molar-refractivity contribution in [1.29, 1.82) is 0 Å². The molecule has 0 spiro atoms. The van der Waals surface area contributed by atoms with Gasteiger partial charge in [0.1, 0.15) is 12.4 Å². The average molecular weight is 310 g/mol. The summed E-state index contributed by atoms with van der Waals surface area (Å²) < 4.78 is 76.0. The van der Waals surface area contributed by atoms with E-state index in [4.69, 9.17) is 10.8 Å². The van der Waals surface area contributed by atoms with Crippen LogP contribution in [-0.4, -0.2) is 17.6 Å². The van der Waals surface area contributed by atoms with E-state index >= 15 is 0 Å². The number of aliphatic hydroxyl groups is 1. The zero-order valence-corrected chi connectivity index (χ0v) is 10.0. The number of rotatable bonds is 3. The van der Waals surface area contributed by atoms with Crippen molar-refractivity contribution in [2.24, 2.45) is 5.73 Å². The van der Waals surface area contributed by atoms with Gasteiger partial charge in [0.2, 0.25) is 0 Å². The zero-order valence-electron chi connectivity index (χ0n) is 9.22. The second kappa shape index (κ2) is 5.98. The molecule has 9 heteroatoms. The predicted molar refractivity (Wildman–Crippen MR) is 57.6 cm³/mol. The van der Waals surface area contributed by atoms with Crippen LogP contribution in [0.25, 0.3) is 0 Å². The lowest BCUT2D eigenvalue weighted by molar-refractivity contribution is -0.138. The zero-order chi connectivity index (χ0) is 14.1. The highest BCUT2D eigenvalue weighted by Crippen LogP contribution is 2.34. The molecular weight excluding hydrogens is 300 g/mol. The first-order chi connectivity index (χ1) is 8.08. The summed E-state index contributed by atoms with van der Waals surface area (Å²) in [6, 6.07) is -1.24. The Kier molecular flexibility index (Phi) is 5.66. The number of alkyl halides is 5. The van der Waals surface area contributed by atoms with Crippen LogP contribution in [0.3, 0.4) is 0 Å². The minimum Gasteiger partial charge on any atom is -0.390 e. The smallest absolute Gasteiger partial charge is 0.390 e. The molecule has 1 aromatic carbocycles. The Labute approximate surface area is 110 Å². The van der Waals surface area contributed by atoms with Crippen LogP contribution < -0.4 is 5.73 Å². The third-order valence-corrected chi connectivity index (χ3v) is 2.27. The molecule has 0 unspecified atom stereocenters. The van der Waals surface area contributed by atoms with Crippen molar-refractivity contribution in [2.45, 2.75) is 18.1 Å². The van der Waals surface area contributed by atoms with Gasteiger partial charge in [0.15, 0.2) is 0 Å². The summed E-state index contributed by atoms with van der Waals surface area (Å²) in [4.78, 5) is 0. The SMILES string of the molecule is Cl.N[C@H](c1cc(F)cc(C(F)(F)F)c1)C(F)(F)CO. The van der Waals surface area contributed by atoms with Crippen LogP contribution in [0.5, 0.6) is 0 Å². The van der Waals surface area contributed by atoms with Crippen LogP contribution in [0, 0.1) is 5.82 Å². The first-order valence-corrected chi connectivity index (χ1v) is 4.70. The molecule has 0 aromatic heterocycles. The highest BCUT2D eigenvalue weighted by molar-refractivity contribution is 5.85. The minimum atomic E-state index is -4.87. The van der Waals surface area contributed by atoms with Crippen LogP contribution in [0.2, 0.25) is 0 Å². The van der Waals surface area contributed by atoms with E-state index in [2.05, 4.69) is 0 Å². The fourth-order valence-electron chi connectivity index (χ4n) is 1.30. The molecule has 0 fully saturated rings. The molecule has 0 aliphatic carbocycles. The Balaban J connectivity index is 0.00000324. The highest BCUT2D eigenvalue weighted by atomic mass is 35.5. The molecule has 3 N–H and O–H groups in total. The van der Waals surface area contributed by atoms with Gasteiger partial charge in [-0.05, 0) is 23.8 Å². The van der Waals surface area contributed by atoms with E-state index in [1.807, 2.05) is 0 Å². The van der Waals surface area contributed by atoms with Crippen molar-refractivity contribution in [1.82, 2.24) is 0 Å². The molecule has 110 valence electrons. The van der Waals surface area contributed by atoms with Gasteiger partial charge in [-0.25, -0.2) is 13.2 Å². The number of nitrogens with two attached hydrogens (primary N) is 1. The molecule has 1 rings (SSSR count). The molecule has 0 amide bonds. The molecular formula is C10H10ClF6NO. The van der Waals surface area contributed by atoms with E-state index in [9.17, 15) is 26.3 Å². The van der Waals surface area contributed by atoms with E-state index in [1.54, 1.807) is 0 Å². The maximum absolute atomic E-state index is 13.0. The summed E-state index contributed by atoms with van der Waals surface area (Å²) in [6.07, 6.45) is -4.87. The molecule has 0 radical (unpaired) electrons. The lowest BCUT2D eigenvalue weighted by atomic mass is 9.99. The molecule has 0 saturated heterocycles. The fraction of sp³-hybridized carbons (Fsp3) is 0.400. The quantitative estimate of drug-likeness (QED) is 0.843. The number of benzene rings is 1. The normalized spacial score (nSPS) is 13.9. The van der Waals surface area contributed by atoms with E-state index in [0.717, 1.165) is 0 Å². The molecule has 0 aliphatic heterocycles. The number of halogens is 7. The molecule has 0 aliphatic rings. The van der Waals surface area contributed by atoms with Gasteiger partial charge in [0, 0.05) is 0 Å². The van der Waals surface area contributed by atoms with Gasteiger partial charge >= 0.3 is 6.18 Å². The van der Waals surface area contributed by atoms with Crippen molar-refractivity contribution in [2.75, 3.05) is 6.61 Å². The van der Waals surface area contributed by atoms with Crippen LogP contribution in [0.15, 0.2) is 18.2 Å². The third-order valence-electron chi connectivity index (χ3n) is 2.27. The molecule has 2 nitrogen and oxygen atoms in total. The highest BCUT2D eigenvalue weighted by Gasteiger charge is 2.39. The van der Waals surface area contributed by atoms with Crippen molar-refractivity contribution in [3.8, 4) is 0 Å². The molecule has 19 heavy (non-hydrogen) atoms. The summed E-state index contributed by atoms with van der Waals surface area (Å²) in [7, 11) is 0. The molecule has 0 bridgehead atoms. The molecule has 0 saturated carbocycles. The molecule has 0 heterocycles. The van der Waals surface area contributed by atoms with E-state index in [-0.39, 0.29) is 18.5 Å². The van der Waals surface area contributed by atoms with Crippen LogP contribution in [0.1, 0.15) is 17.2 Å². The lowest BCUT2D eigenvalue weighted by Gasteiger charge is -2.22. The van der Waals surface area contributed by atoms with E-state index in [0.29, 0.717) is 12.1 Å². The van der Waals surface area contributed by atoms with Gasteiger partial charge in [-0.3, -0.25) is 0 Å². The van der Waals surface area contributed by atoms with Gasteiger partial charge < -0.3 is 10.8 Å². The summed E-state index contributed by atoms with van der Waals surface area (Å²) in [5, 5.41) is 8.38. The standard InChI is InChI=1S/C10H9F6NO.ClH/c11-7-2-5(8(17)9(12,13)4-18)1-6(3-7)10(14,15)16;/h1-3,8,18H,4,17H2;1H/t8-;/m1./s1. The Morgan fingerprint density at radius 2 is 1.63 bits per heavy atom. The topological polar surface area (TPSA) is 46.2 Å². The van der Waals surface area contributed by atoms with Gasteiger partial charge in [-0.2, -0.15) is 13.2 Å². The van der Waals surface area contributed by atoms with Crippen molar-refractivity contribution in [3.05, 3.63) is 35.1 Å². The number of aliphatic hydroxyl groups excluding tert-OH is 1. The van der Waals surface area contributed by atoms with E-state index < -0.39 is 41.7 Å². The second-order valence-electron chi connectivity index (χ2n) is 3.67. The van der Waals surface area contributed by atoms with Gasteiger partial charge in [0.25, 0.3) is 5.92 Å². The maximum atomic E-state index is 13.0. The Hall–Kier alpha value is -0.990. The number of hydrogen-bond donors (Lipinski definition) is 2. The first-order valence-electron chi connectivity index (χ1n) is 4.70.